The Morgan fingerprint density at radius 3 is 2.34 bits per heavy atom. The molecular weight excluding hydrogens is 372 g/mol. The average Bonchev–Trinajstić information content (AvgIpc) is 2.91. The second kappa shape index (κ2) is 8.05. The number of phenols is 1. The SMILES string of the molecule is CC[C@@H](NC1=C(Nc2cccc(C(N)=O)c2O)C(=O)N(C)C1=O)c1ccccc1. The van der Waals surface area contributed by atoms with Crippen LogP contribution in [-0.2, 0) is 9.59 Å². The molecule has 29 heavy (non-hydrogen) atoms. The molecule has 0 saturated heterocycles. The van der Waals surface area contributed by atoms with E-state index in [0.717, 1.165) is 10.5 Å². The largest absolute Gasteiger partial charge is 0.505 e. The van der Waals surface area contributed by atoms with Crippen LogP contribution < -0.4 is 16.4 Å². The summed E-state index contributed by atoms with van der Waals surface area (Å²) in [5, 5.41) is 16.3. The molecule has 1 aliphatic heterocycles. The Balaban J connectivity index is 2.00. The summed E-state index contributed by atoms with van der Waals surface area (Å²) >= 11 is 0. The number of likely N-dealkylation sites (N-methyl/N-ethyl adjacent to an activating group) is 1. The molecule has 0 fully saturated rings. The second-order valence-corrected chi connectivity index (χ2v) is 6.63. The molecule has 1 atom stereocenters. The van der Waals surface area contributed by atoms with Crippen LogP contribution in [0.3, 0.4) is 0 Å². The van der Waals surface area contributed by atoms with Gasteiger partial charge in [0.15, 0.2) is 5.75 Å². The lowest BCUT2D eigenvalue weighted by atomic mass is 10.0. The fraction of sp³-hybridized carbons (Fsp3) is 0.190. The van der Waals surface area contributed by atoms with Crippen molar-refractivity contribution >= 4 is 23.4 Å². The van der Waals surface area contributed by atoms with Gasteiger partial charge in [0.05, 0.1) is 17.3 Å². The number of nitrogens with one attached hydrogen (secondary N) is 2. The van der Waals surface area contributed by atoms with Gasteiger partial charge in [-0.3, -0.25) is 19.3 Å². The molecule has 8 nitrogen and oxygen atoms in total. The highest BCUT2D eigenvalue weighted by Crippen LogP contribution is 2.31. The van der Waals surface area contributed by atoms with Crippen molar-refractivity contribution in [3.8, 4) is 5.75 Å². The van der Waals surface area contributed by atoms with E-state index in [1.54, 1.807) is 0 Å². The van der Waals surface area contributed by atoms with Crippen LogP contribution in [-0.4, -0.2) is 34.8 Å². The molecule has 1 aliphatic rings. The standard InChI is InChI=1S/C21H22N4O4/c1-3-14(12-8-5-4-6-9-12)23-16-17(21(29)25(2)20(16)28)24-15-11-7-10-13(18(15)26)19(22)27/h4-11,14,23-24,26H,3H2,1-2H3,(H2,22,27)/t14-/m1/s1. The minimum absolute atomic E-state index is 0.0104. The molecule has 8 heteroatoms. The number of nitrogens with zero attached hydrogens (tertiary/aromatic N) is 1. The first-order valence-corrected chi connectivity index (χ1v) is 9.12. The molecule has 150 valence electrons. The highest BCUT2D eigenvalue weighted by Gasteiger charge is 2.37. The molecule has 0 aliphatic carbocycles. The molecule has 2 aromatic carbocycles. The van der Waals surface area contributed by atoms with Gasteiger partial charge in [0.2, 0.25) is 0 Å². The number of carbonyl (C=O) groups excluding carboxylic acids is 3. The van der Waals surface area contributed by atoms with Crippen LogP contribution in [0, 0.1) is 0 Å². The third-order valence-electron chi connectivity index (χ3n) is 4.78. The molecule has 0 spiro atoms. The van der Waals surface area contributed by atoms with Crippen molar-refractivity contribution in [2.75, 3.05) is 12.4 Å². The Morgan fingerprint density at radius 2 is 1.72 bits per heavy atom. The van der Waals surface area contributed by atoms with E-state index in [0.29, 0.717) is 6.42 Å². The van der Waals surface area contributed by atoms with Crippen molar-refractivity contribution < 1.29 is 19.5 Å². The van der Waals surface area contributed by atoms with Crippen molar-refractivity contribution in [1.29, 1.82) is 0 Å². The lowest BCUT2D eigenvalue weighted by Gasteiger charge is -2.20. The lowest BCUT2D eigenvalue weighted by Crippen LogP contribution is -2.31. The molecular formula is C21H22N4O4. The van der Waals surface area contributed by atoms with E-state index in [2.05, 4.69) is 10.6 Å². The first kappa shape index (κ1) is 19.9. The zero-order valence-electron chi connectivity index (χ0n) is 16.1. The highest BCUT2D eigenvalue weighted by atomic mass is 16.3. The number of para-hydroxylation sites is 1. The Labute approximate surface area is 168 Å². The summed E-state index contributed by atoms with van der Waals surface area (Å²) in [7, 11) is 1.38. The van der Waals surface area contributed by atoms with Crippen LogP contribution in [0.25, 0.3) is 0 Å². The van der Waals surface area contributed by atoms with Gasteiger partial charge < -0.3 is 21.5 Å². The summed E-state index contributed by atoms with van der Waals surface area (Å²) in [6, 6.07) is 13.7. The van der Waals surface area contributed by atoms with Gasteiger partial charge in [-0.1, -0.05) is 43.3 Å². The van der Waals surface area contributed by atoms with Crippen LogP contribution in [0.2, 0.25) is 0 Å². The molecule has 5 N–H and O–H groups in total. The fourth-order valence-corrected chi connectivity index (χ4v) is 3.15. The number of anilines is 1. The van der Waals surface area contributed by atoms with Crippen LogP contribution in [0.1, 0.15) is 35.3 Å². The van der Waals surface area contributed by atoms with Gasteiger partial charge in [0.1, 0.15) is 11.4 Å². The minimum Gasteiger partial charge on any atom is -0.505 e. The molecule has 0 bridgehead atoms. The second-order valence-electron chi connectivity index (χ2n) is 6.63. The Kier molecular flexibility index (Phi) is 5.54. The quantitative estimate of drug-likeness (QED) is 0.420. The monoisotopic (exact) mass is 394 g/mol. The van der Waals surface area contributed by atoms with Crippen molar-refractivity contribution in [2.45, 2.75) is 19.4 Å². The van der Waals surface area contributed by atoms with Crippen molar-refractivity contribution in [3.05, 3.63) is 71.1 Å². The first-order valence-electron chi connectivity index (χ1n) is 9.12. The van der Waals surface area contributed by atoms with E-state index < -0.39 is 23.5 Å². The smallest absolute Gasteiger partial charge is 0.279 e. The fourth-order valence-electron chi connectivity index (χ4n) is 3.15. The average molecular weight is 394 g/mol. The van der Waals surface area contributed by atoms with E-state index in [9.17, 15) is 19.5 Å². The van der Waals surface area contributed by atoms with Gasteiger partial charge in [-0.15, -0.1) is 0 Å². The van der Waals surface area contributed by atoms with Crippen molar-refractivity contribution in [3.63, 3.8) is 0 Å². The van der Waals surface area contributed by atoms with Crippen LogP contribution in [0.5, 0.6) is 5.75 Å². The Bertz CT molecular complexity index is 1000. The zero-order chi connectivity index (χ0) is 21.1. The maximum atomic E-state index is 12.7. The predicted octanol–water partition coefficient (Wildman–Crippen LogP) is 1.85. The normalized spacial score (nSPS) is 14.9. The molecule has 3 rings (SSSR count). The van der Waals surface area contributed by atoms with Gasteiger partial charge in [-0.25, -0.2) is 0 Å². The maximum Gasteiger partial charge on any atom is 0.279 e. The van der Waals surface area contributed by atoms with E-state index in [4.69, 9.17) is 5.73 Å². The molecule has 0 aromatic heterocycles. The van der Waals surface area contributed by atoms with Gasteiger partial charge in [0, 0.05) is 7.05 Å². The van der Waals surface area contributed by atoms with Crippen LogP contribution >= 0.6 is 0 Å². The van der Waals surface area contributed by atoms with Gasteiger partial charge in [-0.05, 0) is 24.1 Å². The molecule has 0 saturated carbocycles. The maximum absolute atomic E-state index is 12.7. The zero-order valence-corrected chi connectivity index (χ0v) is 16.1. The van der Waals surface area contributed by atoms with Gasteiger partial charge >= 0.3 is 0 Å². The van der Waals surface area contributed by atoms with E-state index >= 15 is 0 Å². The number of nitrogens with two attached hydrogens (primary N) is 1. The lowest BCUT2D eigenvalue weighted by molar-refractivity contribution is -0.136. The number of amides is 3. The third-order valence-corrected chi connectivity index (χ3v) is 4.78. The predicted molar refractivity (Wildman–Crippen MR) is 108 cm³/mol. The number of imide groups is 1. The van der Waals surface area contributed by atoms with E-state index in [-0.39, 0.29) is 28.7 Å². The number of benzene rings is 2. The van der Waals surface area contributed by atoms with Crippen LogP contribution in [0.4, 0.5) is 5.69 Å². The number of aromatic hydroxyl groups is 1. The van der Waals surface area contributed by atoms with Gasteiger partial charge in [-0.2, -0.15) is 0 Å². The number of hydrogen-bond donors (Lipinski definition) is 4. The number of rotatable bonds is 7. The molecule has 3 amide bonds. The highest BCUT2D eigenvalue weighted by molar-refractivity contribution is 6.20. The van der Waals surface area contributed by atoms with E-state index in [1.165, 1.54) is 25.2 Å². The first-order chi connectivity index (χ1) is 13.8. The summed E-state index contributed by atoms with van der Waals surface area (Å²) in [6.07, 6.45) is 0.675. The summed E-state index contributed by atoms with van der Waals surface area (Å²) in [5.41, 5.74) is 6.32. The minimum atomic E-state index is -0.806. The van der Waals surface area contributed by atoms with Crippen LogP contribution in [0.15, 0.2) is 59.9 Å². The summed E-state index contributed by atoms with van der Waals surface area (Å²) in [4.78, 5) is 37.8. The molecule has 0 radical (unpaired) electrons. The molecule has 2 aromatic rings. The number of primary amides is 1. The summed E-state index contributed by atoms with van der Waals surface area (Å²) in [5.74, 6) is -2.24. The third kappa shape index (κ3) is 3.77. The van der Waals surface area contributed by atoms with Crippen molar-refractivity contribution in [1.82, 2.24) is 10.2 Å². The van der Waals surface area contributed by atoms with Gasteiger partial charge in [0.25, 0.3) is 17.7 Å². The van der Waals surface area contributed by atoms with E-state index in [1.807, 2.05) is 37.3 Å². The summed E-state index contributed by atoms with van der Waals surface area (Å²) < 4.78 is 0. The summed E-state index contributed by atoms with van der Waals surface area (Å²) in [6.45, 7) is 1.96. The number of hydrogen-bond acceptors (Lipinski definition) is 6. The topological polar surface area (TPSA) is 125 Å². The number of carbonyl (C=O) groups is 3. The Morgan fingerprint density at radius 1 is 1.07 bits per heavy atom. The van der Waals surface area contributed by atoms with Crippen molar-refractivity contribution in [2.24, 2.45) is 5.73 Å². The molecule has 1 heterocycles. The Hall–Kier alpha value is -3.81. The molecule has 0 unspecified atom stereocenters.